The van der Waals surface area contributed by atoms with Gasteiger partial charge in [0.25, 0.3) is 0 Å². The lowest BCUT2D eigenvalue weighted by Crippen LogP contribution is -2.33. The van der Waals surface area contributed by atoms with E-state index < -0.39 is 5.79 Å². The first-order valence-corrected chi connectivity index (χ1v) is 5.17. The first-order valence-electron chi connectivity index (χ1n) is 4.76. The van der Waals surface area contributed by atoms with Crippen molar-refractivity contribution in [1.82, 2.24) is 0 Å². The molecule has 2 nitrogen and oxygen atoms in total. The lowest BCUT2D eigenvalue weighted by molar-refractivity contribution is -0.115. The van der Waals surface area contributed by atoms with Gasteiger partial charge >= 0.3 is 0 Å². The molecule has 0 saturated heterocycles. The number of ether oxygens (including phenoxy) is 2. The van der Waals surface area contributed by atoms with Gasteiger partial charge in [0.1, 0.15) is 5.76 Å². The number of hydrogen-bond acceptors (Lipinski definition) is 3. The van der Waals surface area contributed by atoms with Gasteiger partial charge in [0, 0.05) is 25.5 Å². The van der Waals surface area contributed by atoms with Crippen LogP contribution in [0.5, 0.6) is 0 Å². The highest BCUT2D eigenvalue weighted by Gasteiger charge is 2.28. The van der Waals surface area contributed by atoms with Gasteiger partial charge in [-0.2, -0.15) is 0 Å². The predicted octanol–water partition coefficient (Wildman–Crippen LogP) is 3.14. The second-order valence-corrected chi connectivity index (χ2v) is 4.20. The maximum Gasteiger partial charge on any atom is 0.246 e. The maximum atomic E-state index is 5.68. The first kappa shape index (κ1) is 10.2. The molecular weight excluding hydrogens is 208 g/mol. The second-order valence-electron chi connectivity index (χ2n) is 3.80. The average molecular weight is 220 g/mol. The molecule has 0 fully saturated rings. The summed E-state index contributed by atoms with van der Waals surface area (Å²) in [5.41, 5.74) is 1.01. The van der Waals surface area contributed by atoms with Crippen molar-refractivity contribution < 1.29 is 9.47 Å². The molecule has 1 aromatic carbocycles. The molecule has 0 N–H and O–H groups in total. The number of hydrogen-bond donors (Lipinski definition) is 0. The summed E-state index contributed by atoms with van der Waals surface area (Å²) in [7, 11) is 0. The molecule has 1 heterocycles. The van der Waals surface area contributed by atoms with Crippen LogP contribution in [-0.4, -0.2) is 10.8 Å². The van der Waals surface area contributed by atoms with Crippen molar-refractivity contribution in [1.29, 1.82) is 0 Å². The highest BCUT2D eigenvalue weighted by atomic mass is 32.1. The van der Waals surface area contributed by atoms with Gasteiger partial charge in [-0.3, -0.25) is 0 Å². The Morgan fingerprint density at radius 3 is 2.33 bits per heavy atom. The van der Waals surface area contributed by atoms with E-state index in [-0.39, 0.29) is 0 Å². The molecule has 1 aromatic rings. The molecule has 0 aromatic heterocycles. The van der Waals surface area contributed by atoms with Gasteiger partial charge in [-0.25, -0.2) is 0 Å². The minimum absolute atomic E-state index is 0.463. The van der Waals surface area contributed by atoms with Crippen LogP contribution in [0.4, 0.5) is 0 Å². The number of thiocarbonyl (C=S) groups is 1. The lowest BCUT2D eigenvalue weighted by Gasteiger charge is -2.32. The fourth-order valence-corrected chi connectivity index (χ4v) is 1.75. The molecule has 3 heteroatoms. The minimum Gasteiger partial charge on any atom is -0.452 e. The van der Waals surface area contributed by atoms with E-state index in [4.69, 9.17) is 21.7 Å². The van der Waals surface area contributed by atoms with Crippen molar-refractivity contribution in [3.8, 4) is 0 Å². The molecule has 1 aliphatic heterocycles. The Hall–Kier alpha value is -1.35. The average Bonchev–Trinajstić information content (AvgIpc) is 2.16. The Balaban J connectivity index is 2.35. The maximum absolute atomic E-state index is 5.68. The fourth-order valence-electron chi connectivity index (χ4n) is 1.44. The third-order valence-electron chi connectivity index (χ3n) is 2.01. The third kappa shape index (κ3) is 2.36. The monoisotopic (exact) mass is 220 g/mol. The van der Waals surface area contributed by atoms with E-state index in [1.807, 2.05) is 44.2 Å². The van der Waals surface area contributed by atoms with Gasteiger partial charge in [0.2, 0.25) is 5.79 Å². The lowest BCUT2D eigenvalue weighted by atomic mass is 10.1. The van der Waals surface area contributed by atoms with Crippen LogP contribution in [-0.2, 0) is 9.47 Å². The zero-order chi connectivity index (χ0) is 10.9. The quantitative estimate of drug-likeness (QED) is 0.677. The highest BCUT2D eigenvalue weighted by molar-refractivity contribution is 7.80. The Morgan fingerprint density at radius 2 is 1.73 bits per heavy atom. The molecule has 2 rings (SSSR count). The smallest absolute Gasteiger partial charge is 0.246 e. The van der Waals surface area contributed by atoms with Crippen molar-refractivity contribution in [3.63, 3.8) is 0 Å². The first-order chi connectivity index (χ1) is 7.07. The summed E-state index contributed by atoms with van der Waals surface area (Å²) >= 11 is 5.05. The van der Waals surface area contributed by atoms with Gasteiger partial charge in [0.15, 0.2) is 5.05 Å². The summed E-state index contributed by atoms with van der Waals surface area (Å²) in [6.45, 7) is 3.68. The largest absolute Gasteiger partial charge is 0.452 e. The van der Waals surface area contributed by atoms with Crippen molar-refractivity contribution in [2.45, 2.75) is 19.6 Å². The molecule has 0 amide bonds. The van der Waals surface area contributed by atoms with Crippen LogP contribution in [0.2, 0.25) is 0 Å². The summed E-state index contributed by atoms with van der Waals surface area (Å²) < 4.78 is 11.0. The van der Waals surface area contributed by atoms with Crippen molar-refractivity contribution in [2.24, 2.45) is 0 Å². The molecule has 1 aliphatic rings. The van der Waals surface area contributed by atoms with Crippen LogP contribution in [0.1, 0.15) is 19.4 Å². The van der Waals surface area contributed by atoms with Crippen LogP contribution in [0.15, 0.2) is 36.4 Å². The van der Waals surface area contributed by atoms with Crippen molar-refractivity contribution in [3.05, 3.63) is 42.0 Å². The van der Waals surface area contributed by atoms with Crippen LogP contribution < -0.4 is 0 Å². The molecule has 0 unspecified atom stereocenters. The molecule has 0 saturated carbocycles. The van der Waals surface area contributed by atoms with E-state index in [0.29, 0.717) is 5.05 Å². The van der Waals surface area contributed by atoms with Gasteiger partial charge < -0.3 is 9.47 Å². The third-order valence-corrected chi connectivity index (χ3v) is 2.21. The molecule has 0 spiro atoms. The molecule has 0 radical (unpaired) electrons. The van der Waals surface area contributed by atoms with E-state index in [2.05, 4.69) is 0 Å². The Morgan fingerprint density at radius 1 is 1.07 bits per heavy atom. The zero-order valence-electron chi connectivity index (χ0n) is 8.69. The molecular formula is C12H12O2S. The van der Waals surface area contributed by atoms with E-state index in [1.54, 1.807) is 6.08 Å². The molecule has 0 atom stereocenters. The second kappa shape index (κ2) is 3.66. The van der Waals surface area contributed by atoms with Crippen molar-refractivity contribution >= 4 is 23.0 Å². The van der Waals surface area contributed by atoms with E-state index in [9.17, 15) is 0 Å². The highest BCUT2D eigenvalue weighted by Crippen LogP contribution is 2.28. The van der Waals surface area contributed by atoms with Crippen LogP contribution in [0.25, 0.3) is 5.76 Å². The minimum atomic E-state index is -0.684. The van der Waals surface area contributed by atoms with E-state index in [0.717, 1.165) is 11.3 Å². The predicted molar refractivity (Wildman–Crippen MR) is 63.3 cm³/mol. The number of benzene rings is 1. The SMILES string of the molecule is CC1(C)OC(=S)C=C(c2ccccc2)O1. The van der Waals surface area contributed by atoms with Crippen LogP contribution in [0.3, 0.4) is 0 Å². The van der Waals surface area contributed by atoms with E-state index >= 15 is 0 Å². The van der Waals surface area contributed by atoms with Crippen LogP contribution in [0, 0.1) is 0 Å². The molecule has 0 aliphatic carbocycles. The standard InChI is InChI=1S/C12H12O2S/c1-12(2)13-10(8-11(15)14-12)9-6-4-3-5-7-9/h3-8H,1-2H3. The van der Waals surface area contributed by atoms with Gasteiger partial charge in [0.05, 0.1) is 0 Å². The van der Waals surface area contributed by atoms with Crippen molar-refractivity contribution in [2.75, 3.05) is 0 Å². The zero-order valence-corrected chi connectivity index (χ0v) is 9.51. The molecule has 0 bridgehead atoms. The summed E-state index contributed by atoms with van der Waals surface area (Å²) in [5, 5.41) is 0.463. The van der Waals surface area contributed by atoms with Crippen LogP contribution >= 0.6 is 12.2 Å². The van der Waals surface area contributed by atoms with E-state index in [1.165, 1.54) is 0 Å². The Bertz CT molecular complexity index is 407. The summed E-state index contributed by atoms with van der Waals surface area (Å²) in [6.07, 6.45) is 1.73. The molecule has 78 valence electrons. The topological polar surface area (TPSA) is 18.5 Å². The Labute approximate surface area is 94.5 Å². The summed E-state index contributed by atoms with van der Waals surface area (Å²) in [5.74, 6) is 0.0774. The summed E-state index contributed by atoms with van der Waals surface area (Å²) in [4.78, 5) is 0. The van der Waals surface area contributed by atoms with Gasteiger partial charge in [-0.15, -0.1) is 0 Å². The number of rotatable bonds is 1. The Kier molecular flexibility index (Phi) is 2.49. The molecule has 15 heavy (non-hydrogen) atoms. The normalized spacial score (nSPS) is 18.8. The van der Waals surface area contributed by atoms with Gasteiger partial charge in [-0.1, -0.05) is 30.3 Å². The fraction of sp³-hybridized carbons (Fsp3) is 0.250. The summed E-state index contributed by atoms with van der Waals surface area (Å²) in [6, 6.07) is 9.86. The van der Waals surface area contributed by atoms with Gasteiger partial charge in [-0.05, 0) is 12.2 Å².